The first kappa shape index (κ1) is 8.39. The fourth-order valence-electron chi connectivity index (χ4n) is 0.797. The number of halogens is 1. The molecule has 12 heavy (non-hydrogen) atoms. The van der Waals surface area contributed by atoms with Crippen molar-refractivity contribution in [1.82, 2.24) is 0 Å². The quantitative estimate of drug-likeness (QED) is 0.311. The van der Waals surface area contributed by atoms with Gasteiger partial charge in [-0.2, -0.15) is 0 Å². The molecule has 0 saturated heterocycles. The number of oxime groups is 1. The molecule has 0 aliphatic rings. The molecule has 0 bridgehead atoms. The lowest BCUT2D eigenvalue weighted by molar-refractivity contribution is -0.102. The highest BCUT2D eigenvalue weighted by Crippen LogP contribution is 2.03. The summed E-state index contributed by atoms with van der Waals surface area (Å²) in [5.41, 5.74) is 0.0713. The zero-order chi connectivity index (χ0) is 8.97. The van der Waals surface area contributed by atoms with Crippen LogP contribution in [-0.2, 0) is 4.79 Å². The van der Waals surface area contributed by atoms with E-state index in [-0.39, 0.29) is 11.3 Å². The second-order valence-corrected chi connectivity index (χ2v) is 2.11. The summed E-state index contributed by atoms with van der Waals surface area (Å²) in [7, 11) is 0. The average molecular weight is 167 g/mol. The lowest BCUT2D eigenvalue weighted by atomic mass is 10.1. The number of aldehydes is 1. The summed E-state index contributed by atoms with van der Waals surface area (Å²) in [4.78, 5) is 10.2. The predicted molar refractivity (Wildman–Crippen MR) is 40.8 cm³/mol. The van der Waals surface area contributed by atoms with E-state index in [1.54, 1.807) is 0 Å². The number of rotatable bonds is 2. The molecule has 0 saturated carbocycles. The minimum Gasteiger partial charge on any atom is -0.410 e. The normalized spacial score (nSPS) is 11.2. The molecular formula is C8H6FNO2. The van der Waals surface area contributed by atoms with Gasteiger partial charge in [0, 0.05) is 5.56 Å². The van der Waals surface area contributed by atoms with Crippen molar-refractivity contribution >= 4 is 12.0 Å². The zero-order valence-electron chi connectivity index (χ0n) is 6.07. The molecule has 0 fully saturated rings. The molecule has 0 aliphatic heterocycles. The van der Waals surface area contributed by atoms with Gasteiger partial charge in [-0.1, -0.05) is 17.3 Å². The first-order valence-corrected chi connectivity index (χ1v) is 3.21. The second kappa shape index (κ2) is 3.61. The number of hydrogen-bond donors (Lipinski definition) is 1. The highest BCUT2D eigenvalue weighted by atomic mass is 19.1. The van der Waals surface area contributed by atoms with Gasteiger partial charge in [0.15, 0.2) is 6.29 Å². The second-order valence-electron chi connectivity index (χ2n) is 2.11. The summed E-state index contributed by atoms with van der Waals surface area (Å²) < 4.78 is 12.5. The van der Waals surface area contributed by atoms with Crippen molar-refractivity contribution in [2.75, 3.05) is 0 Å². The van der Waals surface area contributed by atoms with E-state index in [1.807, 2.05) is 0 Å². The average Bonchev–Trinajstić information content (AvgIpc) is 2.07. The third kappa shape index (κ3) is 1.66. The lowest BCUT2D eigenvalue weighted by Gasteiger charge is -1.95. The molecule has 1 aromatic rings. The molecule has 0 amide bonds. The monoisotopic (exact) mass is 167 g/mol. The number of nitrogens with zero attached hydrogens (tertiary/aromatic N) is 1. The van der Waals surface area contributed by atoms with Crippen LogP contribution >= 0.6 is 0 Å². The van der Waals surface area contributed by atoms with E-state index >= 15 is 0 Å². The van der Waals surface area contributed by atoms with E-state index in [1.165, 1.54) is 18.2 Å². The lowest BCUT2D eigenvalue weighted by Crippen LogP contribution is -2.02. The topological polar surface area (TPSA) is 49.7 Å². The first-order chi connectivity index (χ1) is 5.77. The Morgan fingerprint density at radius 1 is 1.58 bits per heavy atom. The van der Waals surface area contributed by atoms with Crippen molar-refractivity contribution in [3.63, 3.8) is 0 Å². The van der Waals surface area contributed by atoms with Gasteiger partial charge < -0.3 is 5.21 Å². The summed E-state index contributed by atoms with van der Waals surface area (Å²) in [5, 5.41) is 11.0. The van der Waals surface area contributed by atoms with Gasteiger partial charge in [0.25, 0.3) is 0 Å². The minimum atomic E-state index is -0.476. The molecule has 0 radical (unpaired) electrons. The van der Waals surface area contributed by atoms with E-state index in [4.69, 9.17) is 5.21 Å². The van der Waals surface area contributed by atoms with E-state index in [9.17, 15) is 9.18 Å². The van der Waals surface area contributed by atoms with Gasteiger partial charge >= 0.3 is 0 Å². The number of benzene rings is 1. The van der Waals surface area contributed by atoms with Crippen LogP contribution in [0.4, 0.5) is 4.39 Å². The summed E-state index contributed by atoms with van der Waals surface area (Å²) in [6.07, 6.45) is 0.356. The maximum atomic E-state index is 12.5. The Hall–Kier alpha value is -1.71. The molecule has 1 aromatic carbocycles. The molecule has 62 valence electrons. The maximum absolute atomic E-state index is 12.5. The highest BCUT2D eigenvalue weighted by Gasteiger charge is 2.02. The van der Waals surface area contributed by atoms with Gasteiger partial charge in [-0.05, 0) is 12.1 Å². The molecule has 0 spiro atoms. The largest absolute Gasteiger partial charge is 0.410 e. The van der Waals surface area contributed by atoms with Crippen LogP contribution in [0.1, 0.15) is 5.56 Å². The Balaban J connectivity index is 3.10. The van der Waals surface area contributed by atoms with Gasteiger partial charge in [-0.25, -0.2) is 4.39 Å². The van der Waals surface area contributed by atoms with Crippen LogP contribution in [0.25, 0.3) is 0 Å². The van der Waals surface area contributed by atoms with Crippen LogP contribution in [0.2, 0.25) is 0 Å². The van der Waals surface area contributed by atoms with Crippen LogP contribution in [0.3, 0.4) is 0 Å². The molecule has 0 atom stereocenters. The van der Waals surface area contributed by atoms with Crippen LogP contribution < -0.4 is 0 Å². The molecule has 4 heteroatoms. The Morgan fingerprint density at radius 3 is 2.83 bits per heavy atom. The van der Waals surface area contributed by atoms with Crippen molar-refractivity contribution in [2.24, 2.45) is 5.16 Å². The van der Waals surface area contributed by atoms with Crippen LogP contribution in [0.15, 0.2) is 29.4 Å². The number of hydrogen-bond acceptors (Lipinski definition) is 3. The van der Waals surface area contributed by atoms with Crippen molar-refractivity contribution in [3.05, 3.63) is 35.6 Å². The third-order valence-corrected chi connectivity index (χ3v) is 1.34. The van der Waals surface area contributed by atoms with Crippen LogP contribution in [0.5, 0.6) is 0 Å². The smallest absolute Gasteiger partial charge is 0.172 e. The predicted octanol–water partition coefficient (Wildman–Crippen LogP) is 1.20. The Labute approximate surface area is 68.1 Å². The Bertz CT molecular complexity index is 323. The summed E-state index contributed by atoms with van der Waals surface area (Å²) in [5.74, 6) is -0.476. The van der Waals surface area contributed by atoms with Crippen molar-refractivity contribution in [2.45, 2.75) is 0 Å². The minimum absolute atomic E-state index is 0.186. The van der Waals surface area contributed by atoms with Crippen molar-refractivity contribution in [3.8, 4) is 0 Å². The van der Waals surface area contributed by atoms with Gasteiger partial charge in [-0.3, -0.25) is 4.79 Å². The molecule has 3 nitrogen and oxygen atoms in total. The van der Waals surface area contributed by atoms with E-state index in [2.05, 4.69) is 5.16 Å². The first-order valence-electron chi connectivity index (χ1n) is 3.21. The van der Waals surface area contributed by atoms with Crippen LogP contribution in [0, 0.1) is 5.82 Å². The molecular weight excluding hydrogens is 161 g/mol. The molecule has 0 aliphatic carbocycles. The molecule has 0 heterocycles. The standard InChI is InChI=1S/C8H6FNO2/c9-7-3-1-2-6(4-7)8(5-11)10-12/h1-5,12H. The maximum Gasteiger partial charge on any atom is 0.172 e. The molecule has 1 rings (SSSR count). The van der Waals surface area contributed by atoms with E-state index in [0.717, 1.165) is 6.07 Å². The molecule has 0 aromatic heterocycles. The Kier molecular flexibility index (Phi) is 2.53. The third-order valence-electron chi connectivity index (χ3n) is 1.34. The van der Waals surface area contributed by atoms with Gasteiger partial charge in [0.1, 0.15) is 11.5 Å². The summed E-state index contributed by atoms with van der Waals surface area (Å²) in [6.45, 7) is 0. The van der Waals surface area contributed by atoms with Gasteiger partial charge in [-0.15, -0.1) is 0 Å². The molecule has 0 unspecified atom stereocenters. The SMILES string of the molecule is O=CC(=NO)c1cccc(F)c1. The Morgan fingerprint density at radius 2 is 2.33 bits per heavy atom. The van der Waals surface area contributed by atoms with Crippen molar-refractivity contribution < 1.29 is 14.4 Å². The molecule has 1 N–H and O–H groups in total. The van der Waals surface area contributed by atoms with E-state index in [0.29, 0.717) is 6.29 Å². The van der Waals surface area contributed by atoms with E-state index < -0.39 is 5.82 Å². The van der Waals surface area contributed by atoms with Gasteiger partial charge in [0.2, 0.25) is 0 Å². The summed E-state index contributed by atoms with van der Waals surface area (Å²) in [6, 6.07) is 5.26. The summed E-state index contributed by atoms with van der Waals surface area (Å²) >= 11 is 0. The van der Waals surface area contributed by atoms with Crippen LogP contribution in [-0.4, -0.2) is 17.2 Å². The number of carbonyl (C=O) groups excluding carboxylic acids is 1. The van der Waals surface area contributed by atoms with Gasteiger partial charge in [0.05, 0.1) is 0 Å². The highest BCUT2D eigenvalue weighted by molar-refractivity contribution is 6.36. The van der Waals surface area contributed by atoms with Crippen molar-refractivity contribution in [1.29, 1.82) is 0 Å². The fraction of sp³-hybridized carbons (Fsp3) is 0. The number of carbonyl (C=O) groups is 1. The zero-order valence-corrected chi connectivity index (χ0v) is 6.07. The fourth-order valence-corrected chi connectivity index (χ4v) is 0.797.